The average molecular weight is 223 g/mol. The fraction of sp³-hybridized carbons (Fsp3) is 0.500. The Balaban J connectivity index is 2.05. The lowest BCUT2D eigenvalue weighted by Gasteiger charge is -2.05. The Morgan fingerprint density at radius 1 is 1.62 bits per heavy atom. The summed E-state index contributed by atoms with van der Waals surface area (Å²) >= 11 is 0. The first-order valence-electron chi connectivity index (χ1n) is 5.17. The van der Waals surface area contributed by atoms with Crippen molar-refractivity contribution in [1.29, 1.82) is 0 Å². The molecule has 1 amide bonds. The maximum atomic E-state index is 11.6. The topological polar surface area (TPSA) is 84.2 Å². The van der Waals surface area contributed by atoms with Crippen LogP contribution in [0.3, 0.4) is 0 Å². The number of aromatic nitrogens is 2. The third kappa shape index (κ3) is 2.21. The van der Waals surface area contributed by atoms with E-state index in [0.29, 0.717) is 0 Å². The van der Waals surface area contributed by atoms with Crippen LogP contribution in [0.25, 0.3) is 0 Å². The highest BCUT2D eigenvalue weighted by molar-refractivity contribution is 5.92. The predicted molar refractivity (Wildman–Crippen MR) is 55.1 cm³/mol. The van der Waals surface area contributed by atoms with Gasteiger partial charge in [-0.2, -0.15) is 5.10 Å². The third-order valence-corrected chi connectivity index (χ3v) is 2.51. The van der Waals surface area contributed by atoms with Crippen molar-refractivity contribution < 1.29 is 14.7 Å². The zero-order chi connectivity index (χ0) is 11.7. The Kier molecular flexibility index (Phi) is 2.64. The van der Waals surface area contributed by atoms with Gasteiger partial charge in [0.1, 0.15) is 11.7 Å². The van der Waals surface area contributed by atoms with Gasteiger partial charge in [-0.3, -0.25) is 9.48 Å². The number of carbonyl (C=O) groups is 2. The highest BCUT2D eigenvalue weighted by Gasteiger charge is 2.25. The summed E-state index contributed by atoms with van der Waals surface area (Å²) in [7, 11) is 0. The van der Waals surface area contributed by atoms with E-state index < -0.39 is 12.0 Å². The number of aliphatic carboxylic acids is 1. The Morgan fingerprint density at radius 3 is 2.88 bits per heavy atom. The van der Waals surface area contributed by atoms with Gasteiger partial charge in [0.15, 0.2) is 0 Å². The summed E-state index contributed by atoms with van der Waals surface area (Å²) < 4.78 is 1.27. The van der Waals surface area contributed by atoms with Gasteiger partial charge in [-0.15, -0.1) is 0 Å². The summed E-state index contributed by atoms with van der Waals surface area (Å²) in [6.45, 7) is 1.51. The summed E-state index contributed by atoms with van der Waals surface area (Å²) in [5.74, 6) is -1.21. The first-order chi connectivity index (χ1) is 7.58. The molecule has 1 aromatic rings. The minimum atomic E-state index is -0.975. The number of carbonyl (C=O) groups excluding carboxylic acids is 1. The molecule has 0 aliphatic heterocycles. The van der Waals surface area contributed by atoms with Gasteiger partial charge in [0, 0.05) is 12.2 Å². The standard InChI is InChI=1S/C10H13N3O3/c1-6(10(15)16)13-5-4-8(12-13)9(14)11-7-2-3-7/h4-7H,2-3H2,1H3,(H,11,14)(H,15,16). The molecule has 2 rings (SSSR count). The van der Waals surface area contributed by atoms with Gasteiger partial charge in [-0.25, -0.2) is 4.79 Å². The van der Waals surface area contributed by atoms with E-state index in [-0.39, 0.29) is 17.6 Å². The minimum absolute atomic E-state index is 0.237. The van der Waals surface area contributed by atoms with E-state index >= 15 is 0 Å². The largest absolute Gasteiger partial charge is 0.480 e. The number of carboxylic acids is 1. The van der Waals surface area contributed by atoms with E-state index in [4.69, 9.17) is 5.11 Å². The second kappa shape index (κ2) is 3.96. The van der Waals surface area contributed by atoms with Crippen molar-refractivity contribution in [2.24, 2.45) is 0 Å². The van der Waals surface area contributed by atoms with E-state index in [1.165, 1.54) is 23.9 Å². The van der Waals surface area contributed by atoms with Crippen LogP contribution in [-0.4, -0.2) is 32.8 Å². The van der Waals surface area contributed by atoms with Crippen molar-refractivity contribution in [1.82, 2.24) is 15.1 Å². The van der Waals surface area contributed by atoms with Gasteiger partial charge < -0.3 is 10.4 Å². The Morgan fingerprint density at radius 2 is 2.31 bits per heavy atom. The van der Waals surface area contributed by atoms with Gasteiger partial charge in [0.05, 0.1) is 0 Å². The first kappa shape index (κ1) is 10.7. The zero-order valence-corrected chi connectivity index (χ0v) is 8.88. The van der Waals surface area contributed by atoms with E-state index in [2.05, 4.69) is 10.4 Å². The molecule has 1 aromatic heterocycles. The van der Waals surface area contributed by atoms with Crippen LogP contribution in [0.15, 0.2) is 12.3 Å². The van der Waals surface area contributed by atoms with Crippen molar-refractivity contribution in [3.05, 3.63) is 18.0 Å². The molecule has 1 fully saturated rings. The van der Waals surface area contributed by atoms with Gasteiger partial charge in [0.2, 0.25) is 0 Å². The molecule has 0 aromatic carbocycles. The van der Waals surface area contributed by atoms with E-state index in [1.54, 1.807) is 0 Å². The average Bonchev–Trinajstić information content (AvgIpc) is 2.92. The lowest BCUT2D eigenvalue weighted by molar-refractivity contribution is -0.140. The van der Waals surface area contributed by atoms with Gasteiger partial charge in [0.25, 0.3) is 5.91 Å². The molecule has 0 bridgehead atoms. The Labute approximate surface area is 92.3 Å². The molecule has 16 heavy (non-hydrogen) atoms. The zero-order valence-electron chi connectivity index (χ0n) is 8.88. The van der Waals surface area contributed by atoms with Crippen molar-refractivity contribution in [3.63, 3.8) is 0 Å². The van der Waals surface area contributed by atoms with Crippen LogP contribution in [0.1, 0.15) is 36.3 Å². The number of carboxylic acid groups (broad SMARTS) is 1. The summed E-state index contributed by atoms with van der Waals surface area (Å²) in [5.41, 5.74) is 0.264. The van der Waals surface area contributed by atoms with Crippen LogP contribution in [0.5, 0.6) is 0 Å². The molecule has 1 heterocycles. The third-order valence-electron chi connectivity index (χ3n) is 2.51. The molecule has 0 spiro atoms. The maximum Gasteiger partial charge on any atom is 0.328 e. The second-order valence-corrected chi connectivity index (χ2v) is 3.94. The summed E-state index contributed by atoms with van der Waals surface area (Å²) in [6, 6.07) is 1.04. The number of nitrogens with one attached hydrogen (secondary N) is 1. The van der Waals surface area contributed by atoms with Crippen molar-refractivity contribution in [2.45, 2.75) is 31.8 Å². The smallest absolute Gasteiger partial charge is 0.328 e. The molecule has 6 heteroatoms. The molecule has 6 nitrogen and oxygen atoms in total. The molecule has 1 aliphatic carbocycles. The predicted octanol–water partition coefficient (Wildman–Crippen LogP) is 0.421. The van der Waals surface area contributed by atoms with Gasteiger partial charge >= 0.3 is 5.97 Å². The first-order valence-corrected chi connectivity index (χ1v) is 5.17. The normalized spacial score (nSPS) is 16.8. The van der Waals surface area contributed by atoms with Crippen LogP contribution >= 0.6 is 0 Å². The molecule has 1 saturated carbocycles. The number of nitrogens with zero attached hydrogens (tertiary/aromatic N) is 2. The molecule has 0 radical (unpaired) electrons. The van der Waals surface area contributed by atoms with Crippen LogP contribution in [0.4, 0.5) is 0 Å². The highest BCUT2D eigenvalue weighted by atomic mass is 16.4. The molecule has 2 N–H and O–H groups in total. The van der Waals surface area contributed by atoms with E-state index in [9.17, 15) is 9.59 Å². The lowest BCUT2D eigenvalue weighted by Crippen LogP contribution is -2.26. The molecule has 1 unspecified atom stereocenters. The van der Waals surface area contributed by atoms with Crippen molar-refractivity contribution in [2.75, 3.05) is 0 Å². The summed E-state index contributed by atoms with van der Waals surface area (Å²) in [4.78, 5) is 22.3. The van der Waals surface area contributed by atoms with E-state index in [1.807, 2.05) is 0 Å². The Hall–Kier alpha value is -1.85. The van der Waals surface area contributed by atoms with Crippen LogP contribution in [-0.2, 0) is 4.79 Å². The van der Waals surface area contributed by atoms with Crippen molar-refractivity contribution in [3.8, 4) is 0 Å². The number of hydrogen-bond acceptors (Lipinski definition) is 3. The van der Waals surface area contributed by atoms with E-state index in [0.717, 1.165) is 12.8 Å². The van der Waals surface area contributed by atoms with Crippen LogP contribution < -0.4 is 5.32 Å². The molecule has 0 saturated heterocycles. The number of rotatable bonds is 4. The quantitative estimate of drug-likeness (QED) is 0.774. The maximum absolute atomic E-state index is 11.6. The number of amides is 1. The molecule has 1 atom stereocenters. The summed E-state index contributed by atoms with van der Waals surface area (Å²) in [5, 5.41) is 15.5. The van der Waals surface area contributed by atoms with Gasteiger partial charge in [-0.1, -0.05) is 0 Å². The SMILES string of the molecule is CC(C(=O)O)n1ccc(C(=O)NC2CC2)n1. The lowest BCUT2D eigenvalue weighted by atomic mass is 10.3. The molecule has 1 aliphatic rings. The number of hydrogen-bond donors (Lipinski definition) is 2. The molecular weight excluding hydrogens is 210 g/mol. The van der Waals surface area contributed by atoms with Crippen molar-refractivity contribution >= 4 is 11.9 Å². The fourth-order valence-electron chi connectivity index (χ4n) is 1.27. The highest BCUT2D eigenvalue weighted by Crippen LogP contribution is 2.19. The monoisotopic (exact) mass is 223 g/mol. The van der Waals surface area contributed by atoms with Crippen LogP contribution in [0.2, 0.25) is 0 Å². The van der Waals surface area contributed by atoms with Crippen LogP contribution in [0, 0.1) is 0 Å². The second-order valence-electron chi connectivity index (χ2n) is 3.94. The molecular formula is C10H13N3O3. The minimum Gasteiger partial charge on any atom is -0.480 e. The van der Waals surface area contributed by atoms with Gasteiger partial charge in [-0.05, 0) is 25.8 Å². The fourth-order valence-corrected chi connectivity index (χ4v) is 1.27. The Bertz CT molecular complexity index is 423. The summed E-state index contributed by atoms with van der Waals surface area (Å²) in [6.07, 6.45) is 3.52. The molecule has 86 valence electrons.